The maximum absolute atomic E-state index is 13.4. The second-order valence-corrected chi connectivity index (χ2v) is 4.44. The summed E-state index contributed by atoms with van der Waals surface area (Å²) in [5, 5.41) is 0. The zero-order chi connectivity index (χ0) is 11.1. The zero-order valence-electron chi connectivity index (χ0n) is 8.82. The van der Waals surface area contributed by atoms with Crippen LogP contribution in [0, 0.1) is 11.6 Å². The average Bonchev–Trinajstić information content (AvgIpc) is 2.91. The molecule has 1 fully saturated rings. The van der Waals surface area contributed by atoms with Gasteiger partial charge in [-0.2, -0.15) is 0 Å². The monoisotopic (exact) mass is 211 g/mol. The van der Waals surface area contributed by atoms with Gasteiger partial charge in [-0.3, -0.25) is 0 Å². The number of hydrogen-bond donors (Lipinski definition) is 1. The van der Waals surface area contributed by atoms with Crippen LogP contribution in [0.1, 0.15) is 30.9 Å². The summed E-state index contributed by atoms with van der Waals surface area (Å²) in [6.45, 7) is 1.92. The minimum Gasteiger partial charge on any atom is -0.325 e. The summed E-state index contributed by atoms with van der Waals surface area (Å²) in [6, 6.07) is 2.99. The standard InChI is InChI=1S/C12H15F2N/c1-2-8-5-9(7-12(15)3-4-12)11(14)10(13)6-8/h5-6H,2-4,7,15H2,1H3. The molecule has 1 aliphatic carbocycles. The van der Waals surface area contributed by atoms with Crippen LogP contribution >= 0.6 is 0 Å². The summed E-state index contributed by atoms with van der Waals surface area (Å²) in [5.74, 6) is -1.49. The van der Waals surface area contributed by atoms with Crippen LogP contribution in [0.5, 0.6) is 0 Å². The number of hydrogen-bond acceptors (Lipinski definition) is 1. The third-order valence-electron chi connectivity index (χ3n) is 3.01. The van der Waals surface area contributed by atoms with Gasteiger partial charge in [-0.1, -0.05) is 13.0 Å². The summed E-state index contributed by atoms with van der Waals surface area (Å²) < 4.78 is 26.7. The maximum atomic E-state index is 13.4. The SMILES string of the molecule is CCc1cc(F)c(F)c(CC2(N)CC2)c1. The van der Waals surface area contributed by atoms with E-state index in [1.165, 1.54) is 6.07 Å². The average molecular weight is 211 g/mol. The van der Waals surface area contributed by atoms with E-state index >= 15 is 0 Å². The van der Waals surface area contributed by atoms with E-state index in [0.717, 1.165) is 18.4 Å². The Kier molecular flexibility index (Phi) is 2.51. The lowest BCUT2D eigenvalue weighted by atomic mass is 10.0. The van der Waals surface area contributed by atoms with Gasteiger partial charge in [0.15, 0.2) is 11.6 Å². The molecule has 1 aromatic rings. The molecule has 1 saturated carbocycles. The van der Waals surface area contributed by atoms with E-state index in [9.17, 15) is 8.78 Å². The molecule has 1 nitrogen and oxygen atoms in total. The predicted octanol–water partition coefficient (Wildman–Crippen LogP) is 2.56. The van der Waals surface area contributed by atoms with Crippen LogP contribution in [-0.4, -0.2) is 5.54 Å². The third-order valence-corrected chi connectivity index (χ3v) is 3.01. The van der Waals surface area contributed by atoms with Crippen molar-refractivity contribution in [3.8, 4) is 0 Å². The molecule has 0 unspecified atom stereocenters. The van der Waals surface area contributed by atoms with Gasteiger partial charge in [-0.25, -0.2) is 8.78 Å². The van der Waals surface area contributed by atoms with Crippen molar-refractivity contribution in [2.24, 2.45) is 5.73 Å². The lowest BCUT2D eigenvalue weighted by Gasteiger charge is -2.11. The molecule has 2 rings (SSSR count). The van der Waals surface area contributed by atoms with Crippen molar-refractivity contribution in [2.75, 3.05) is 0 Å². The Morgan fingerprint density at radius 1 is 1.33 bits per heavy atom. The Morgan fingerprint density at radius 3 is 2.53 bits per heavy atom. The van der Waals surface area contributed by atoms with Gasteiger partial charge in [0.05, 0.1) is 0 Å². The summed E-state index contributed by atoms with van der Waals surface area (Å²) >= 11 is 0. The summed E-state index contributed by atoms with van der Waals surface area (Å²) in [7, 11) is 0. The van der Waals surface area contributed by atoms with E-state index in [2.05, 4.69) is 0 Å². The van der Waals surface area contributed by atoms with Crippen LogP contribution < -0.4 is 5.73 Å². The topological polar surface area (TPSA) is 26.0 Å². The van der Waals surface area contributed by atoms with Crippen molar-refractivity contribution in [1.29, 1.82) is 0 Å². The molecular weight excluding hydrogens is 196 g/mol. The molecule has 1 aliphatic rings. The highest BCUT2D eigenvalue weighted by Crippen LogP contribution is 2.36. The largest absolute Gasteiger partial charge is 0.325 e. The highest BCUT2D eigenvalue weighted by Gasteiger charge is 2.38. The molecule has 1 aromatic carbocycles. The number of benzene rings is 1. The highest BCUT2D eigenvalue weighted by molar-refractivity contribution is 5.29. The van der Waals surface area contributed by atoms with E-state index in [-0.39, 0.29) is 5.54 Å². The molecule has 0 aliphatic heterocycles. The molecule has 15 heavy (non-hydrogen) atoms. The van der Waals surface area contributed by atoms with Crippen LogP contribution in [0.15, 0.2) is 12.1 Å². The van der Waals surface area contributed by atoms with E-state index in [0.29, 0.717) is 18.4 Å². The first-order valence-electron chi connectivity index (χ1n) is 5.30. The van der Waals surface area contributed by atoms with Gasteiger partial charge in [0.2, 0.25) is 0 Å². The van der Waals surface area contributed by atoms with Gasteiger partial charge < -0.3 is 5.73 Å². The van der Waals surface area contributed by atoms with E-state index in [1.807, 2.05) is 6.92 Å². The first-order chi connectivity index (χ1) is 7.04. The predicted molar refractivity (Wildman–Crippen MR) is 55.6 cm³/mol. The molecule has 0 radical (unpaired) electrons. The van der Waals surface area contributed by atoms with Crippen LogP contribution in [0.3, 0.4) is 0 Å². The molecule has 3 heteroatoms. The van der Waals surface area contributed by atoms with E-state index in [4.69, 9.17) is 5.73 Å². The number of nitrogens with two attached hydrogens (primary N) is 1. The number of rotatable bonds is 3. The minimum atomic E-state index is -0.756. The highest BCUT2D eigenvalue weighted by atomic mass is 19.2. The molecule has 0 saturated heterocycles. The Morgan fingerprint density at radius 2 is 2.00 bits per heavy atom. The van der Waals surface area contributed by atoms with Crippen molar-refractivity contribution < 1.29 is 8.78 Å². The normalized spacial score (nSPS) is 17.9. The summed E-state index contributed by atoms with van der Waals surface area (Å²) in [5.41, 5.74) is 6.87. The maximum Gasteiger partial charge on any atom is 0.162 e. The van der Waals surface area contributed by atoms with Gasteiger partial charge >= 0.3 is 0 Å². The minimum absolute atomic E-state index is 0.278. The quantitative estimate of drug-likeness (QED) is 0.817. The first kappa shape index (κ1) is 10.6. The molecule has 82 valence electrons. The van der Waals surface area contributed by atoms with Gasteiger partial charge in [0.25, 0.3) is 0 Å². The van der Waals surface area contributed by atoms with Crippen molar-refractivity contribution in [3.63, 3.8) is 0 Å². The fourth-order valence-corrected chi connectivity index (χ4v) is 1.76. The molecule has 0 aromatic heterocycles. The Bertz CT molecular complexity index is 383. The summed E-state index contributed by atoms with van der Waals surface area (Å²) in [6.07, 6.45) is 2.97. The second-order valence-electron chi connectivity index (χ2n) is 4.44. The fraction of sp³-hybridized carbons (Fsp3) is 0.500. The molecule has 0 amide bonds. The van der Waals surface area contributed by atoms with Crippen LogP contribution in [-0.2, 0) is 12.8 Å². The molecule has 2 N–H and O–H groups in total. The van der Waals surface area contributed by atoms with Gasteiger partial charge in [-0.15, -0.1) is 0 Å². The van der Waals surface area contributed by atoms with Crippen molar-refractivity contribution in [2.45, 2.75) is 38.1 Å². The van der Waals surface area contributed by atoms with Gasteiger partial charge in [0.1, 0.15) is 0 Å². The van der Waals surface area contributed by atoms with E-state index < -0.39 is 11.6 Å². The third kappa shape index (κ3) is 2.17. The zero-order valence-corrected chi connectivity index (χ0v) is 8.82. The number of aryl methyl sites for hydroxylation is 1. The smallest absolute Gasteiger partial charge is 0.162 e. The lowest BCUT2D eigenvalue weighted by molar-refractivity contribution is 0.490. The van der Waals surface area contributed by atoms with Crippen molar-refractivity contribution in [1.82, 2.24) is 0 Å². The molecule has 0 atom stereocenters. The molecule has 0 bridgehead atoms. The second kappa shape index (κ2) is 3.56. The van der Waals surface area contributed by atoms with Crippen LogP contribution in [0.25, 0.3) is 0 Å². The molecular formula is C12H15F2N. The Labute approximate surface area is 88.3 Å². The molecule has 0 heterocycles. The van der Waals surface area contributed by atoms with Crippen LogP contribution in [0.4, 0.5) is 8.78 Å². The van der Waals surface area contributed by atoms with E-state index in [1.54, 1.807) is 6.07 Å². The lowest BCUT2D eigenvalue weighted by Crippen LogP contribution is -2.25. The number of halogens is 2. The van der Waals surface area contributed by atoms with Crippen molar-refractivity contribution in [3.05, 3.63) is 34.9 Å². The Hall–Kier alpha value is -0.960. The summed E-state index contributed by atoms with van der Waals surface area (Å²) in [4.78, 5) is 0. The van der Waals surface area contributed by atoms with Gasteiger partial charge in [0, 0.05) is 5.54 Å². The molecule has 0 spiro atoms. The van der Waals surface area contributed by atoms with Crippen molar-refractivity contribution >= 4 is 0 Å². The van der Waals surface area contributed by atoms with Gasteiger partial charge in [-0.05, 0) is 42.9 Å². The fourth-order valence-electron chi connectivity index (χ4n) is 1.76. The van der Waals surface area contributed by atoms with Crippen LogP contribution in [0.2, 0.25) is 0 Å². The first-order valence-corrected chi connectivity index (χ1v) is 5.30. The Balaban J connectivity index is 2.31.